The van der Waals surface area contributed by atoms with E-state index in [9.17, 15) is 13.2 Å². The van der Waals surface area contributed by atoms with Gasteiger partial charge in [0.2, 0.25) is 0 Å². The predicted molar refractivity (Wildman–Crippen MR) is 85.1 cm³/mol. The summed E-state index contributed by atoms with van der Waals surface area (Å²) in [4.78, 5) is 9.29. The molecule has 0 bridgehead atoms. The molecule has 0 amide bonds. The molecule has 1 fully saturated rings. The molecule has 1 aliphatic heterocycles. The fourth-order valence-corrected chi connectivity index (χ4v) is 3.05. The summed E-state index contributed by atoms with van der Waals surface area (Å²) in [7, 11) is 0. The summed E-state index contributed by atoms with van der Waals surface area (Å²) >= 11 is 0.527. The minimum Gasteiger partial charge on any atom is -0.384 e. The first-order valence-electron chi connectivity index (χ1n) is 7.27. The topological polar surface area (TPSA) is 76.3 Å². The quantitative estimate of drug-likeness (QED) is 0.874. The third-order valence-corrected chi connectivity index (χ3v) is 4.39. The van der Waals surface area contributed by atoms with E-state index in [-0.39, 0.29) is 5.13 Å². The molecule has 2 aromatic rings. The summed E-state index contributed by atoms with van der Waals surface area (Å²) in [5.74, 6) is 0.678. The van der Waals surface area contributed by atoms with Gasteiger partial charge in [-0.25, -0.2) is 9.97 Å². The Morgan fingerprint density at radius 1 is 1.29 bits per heavy atom. The van der Waals surface area contributed by atoms with E-state index in [1.807, 2.05) is 0 Å². The van der Waals surface area contributed by atoms with Gasteiger partial charge in [-0.1, -0.05) is 11.3 Å². The molecular weight excluding hydrogens is 343 g/mol. The second-order valence-electron chi connectivity index (χ2n) is 5.33. The Labute approximate surface area is 140 Å². The van der Waals surface area contributed by atoms with Crippen molar-refractivity contribution < 1.29 is 17.9 Å². The van der Waals surface area contributed by atoms with Crippen molar-refractivity contribution in [3.05, 3.63) is 28.8 Å². The van der Waals surface area contributed by atoms with Gasteiger partial charge in [-0.15, -0.1) is 0 Å². The number of nitrogens with one attached hydrogen (secondary N) is 1. The first-order chi connectivity index (χ1) is 11.4. The van der Waals surface area contributed by atoms with Crippen molar-refractivity contribution >= 4 is 28.1 Å². The summed E-state index contributed by atoms with van der Waals surface area (Å²) in [6.45, 7) is 3.70. The molecule has 3 heterocycles. The van der Waals surface area contributed by atoms with Crippen molar-refractivity contribution in [1.82, 2.24) is 14.9 Å². The molecule has 0 unspecified atom stereocenters. The molecule has 0 aliphatic carbocycles. The standard InChI is InChI=1S/C14H16F3N5OS/c15-14(16,17)10-7-19-13(24-10)21-12-6-9(5-11(18)20-12)8-22-1-3-23-4-2-22/h5-7H,1-4,8H2,(H3,18,19,20,21). The molecule has 3 N–H and O–H groups in total. The first kappa shape index (κ1) is 16.9. The minimum atomic E-state index is -4.40. The lowest BCUT2D eigenvalue weighted by Crippen LogP contribution is -2.35. The third-order valence-electron chi connectivity index (χ3n) is 3.43. The number of thiazole rings is 1. The molecular formula is C14H16F3N5OS. The van der Waals surface area contributed by atoms with Crippen LogP contribution < -0.4 is 11.1 Å². The molecule has 0 saturated carbocycles. The lowest BCUT2D eigenvalue weighted by Gasteiger charge is -2.26. The van der Waals surface area contributed by atoms with Crippen LogP contribution in [-0.4, -0.2) is 41.2 Å². The molecule has 1 saturated heterocycles. The van der Waals surface area contributed by atoms with Gasteiger partial charge in [0.25, 0.3) is 0 Å². The normalized spacial score (nSPS) is 16.3. The van der Waals surface area contributed by atoms with Gasteiger partial charge in [-0.3, -0.25) is 4.90 Å². The van der Waals surface area contributed by atoms with Crippen molar-refractivity contribution in [2.75, 3.05) is 37.4 Å². The molecule has 6 nitrogen and oxygen atoms in total. The van der Waals surface area contributed by atoms with Gasteiger partial charge in [-0.05, 0) is 17.7 Å². The molecule has 1 aliphatic rings. The molecule has 0 aromatic carbocycles. The van der Waals surface area contributed by atoms with Gasteiger partial charge in [0, 0.05) is 19.6 Å². The Morgan fingerprint density at radius 2 is 2.04 bits per heavy atom. The average molecular weight is 359 g/mol. The van der Waals surface area contributed by atoms with E-state index < -0.39 is 11.1 Å². The summed E-state index contributed by atoms with van der Waals surface area (Å²) < 4.78 is 43.2. The second-order valence-corrected chi connectivity index (χ2v) is 6.36. The lowest BCUT2D eigenvalue weighted by atomic mass is 10.2. The number of rotatable bonds is 4. The Hall–Kier alpha value is -1.91. The van der Waals surface area contributed by atoms with Crippen LogP contribution in [0, 0.1) is 0 Å². The smallest absolute Gasteiger partial charge is 0.384 e. The second kappa shape index (κ2) is 6.91. The molecule has 0 spiro atoms. The van der Waals surface area contributed by atoms with Crippen molar-refractivity contribution in [2.24, 2.45) is 0 Å². The highest BCUT2D eigenvalue weighted by molar-refractivity contribution is 7.15. The largest absolute Gasteiger partial charge is 0.427 e. The van der Waals surface area contributed by atoms with Crippen molar-refractivity contribution in [3.8, 4) is 0 Å². The van der Waals surface area contributed by atoms with Crippen LogP contribution in [0.15, 0.2) is 18.3 Å². The summed E-state index contributed by atoms with van der Waals surface area (Å²) in [5.41, 5.74) is 6.73. The Morgan fingerprint density at radius 3 is 2.71 bits per heavy atom. The maximum atomic E-state index is 12.6. The number of ether oxygens (including phenoxy) is 1. The van der Waals surface area contributed by atoms with Crippen LogP contribution in [0.4, 0.5) is 29.9 Å². The number of alkyl halides is 3. The SMILES string of the molecule is Nc1cc(CN2CCOCC2)cc(Nc2ncc(C(F)(F)F)s2)n1. The van der Waals surface area contributed by atoms with Gasteiger partial charge in [0.15, 0.2) is 5.13 Å². The number of halogens is 3. The molecule has 0 radical (unpaired) electrons. The number of nitrogens with two attached hydrogens (primary N) is 1. The van der Waals surface area contributed by atoms with Gasteiger partial charge >= 0.3 is 6.18 Å². The van der Waals surface area contributed by atoms with Crippen molar-refractivity contribution in [3.63, 3.8) is 0 Å². The maximum absolute atomic E-state index is 12.6. The summed E-state index contributed by atoms with van der Waals surface area (Å²) in [5, 5.41) is 2.91. The highest BCUT2D eigenvalue weighted by Crippen LogP contribution is 2.35. The van der Waals surface area contributed by atoms with Crippen LogP contribution in [0.2, 0.25) is 0 Å². The van der Waals surface area contributed by atoms with Gasteiger partial charge < -0.3 is 15.8 Å². The Kier molecular flexibility index (Phi) is 4.88. The van der Waals surface area contributed by atoms with E-state index in [4.69, 9.17) is 10.5 Å². The van der Waals surface area contributed by atoms with Gasteiger partial charge in [-0.2, -0.15) is 13.2 Å². The zero-order valence-corrected chi connectivity index (χ0v) is 13.5. The summed E-state index contributed by atoms with van der Waals surface area (Å²) in [6, 6.07) is 3.52. The van der Waals surface area contributed by atoms with Crippen molar-refractivity contribution in [2.45, 2.75) is 12.7 Å². The lowest BCUT2D eigenvalue weighted by molar-refractivity contribution is -0.134. The van der Waals surface area contributed by atoms with E-state index in [1.165, 1.54) is 0 Å². The number of pyridine rings is 1. The highest BCUT2D eigenvalue weighted by Gasteiger charge is 2.33. The number of aromatic nitrogens is 2. The Balaban J connectivity index is 1.72. The van der Waals surface area contributed by atoms with E-state index in [0.717, 1.165) is 24.8 Å². The van der Waals surface area contributed by atoms with Crippen molar-refractivity contribution in [1.29, 1.82) is 0 Å². The van der Waals surface area contributed by atoms with Crippen LogP contribution in [-0.2, 0) is 17.5 Å². The number of nitrogen functional groups attached to an aromatic ring is 1. The van der Waals surface area contributed by atoms with Crippen LogP contribution in [0.1, 0.15) is 10.4 Å². The first-order valence-corrected chi connectivity index (χ1v) is 8.08. The number of morpholine rings is 1. The Bertz CT molecular complexity index is 700. The molecule has 24 heavy (non-hydrogen) atoms. The fraction of sp³-hybridized carbons (Fsp3) is 0.429. The molecule has 3 rings (SSSR count). The number of anilines is 3. The fourth-order valence-electron chi connectivity index (χ4n) is 2.36. The average Bonchev–Trinajstić information content (AvgIpc) is 2.96. The zero-order valence-electron chi connectivity index (χ0n) is 12.6. The van der Waals surface area contributed by atoms with E-state index in [1.54, 1.807) is 12.1 Å². The van der Waals surface area contributed by atoms with Crippen LogP contribution in [0.3, 0.4) is 0 Å². The zero-order chi connectivity index (χ0) is 17.2. The van der Waals surface area contributed by atoms with Gasteiger partial charge in [0.05, 0.1) is 19.4 Å². The summed E-state index contributed by atoms with van der Waals surface area (Å²) in [6.07, 6.45) is -3.60. The van der Waals surface area contributed by atoms with E-state index >= 15 is 0 Å². The third kappa shape index (κ3) is 4.34. The molecule has 2 aromatic heterocycles. The van der Waals surface area contributed by atoms with E-state index in [2.05, 4.69) is 20.2 Å². The number of hydrogen-bond acceptors (Lipinski definition) is 7. The maximum Gasteiger partial charge on any atom is 0.427 e. The molecule has 130 valence electrons. The molecule has 10 heteroatoms. The van der Waals surface area contributed by atoms with Crippen LogP contribution in [0.5, 0.6) is 0 Å². The number of nitrogens with zero attached hydrogens (tertiary/aromatic N) is 3. The minimum absolute atomic E-state index is 0.123. The highest BCUT2D eigenvalue weighted by atomic mass is 32.1. The molecule has 0 atom stereocenters. The monoisotopic (exact) mass is 359 g/mol. The predicted octanol–water partition coefficient (Wildman–Crippen LogP) is 2.71. The number of hydrogen-bond donors (Lipinski definition) is 2. The van der Waals surface area contributed by atoms with E-state index in [0.29, 0.717) is 42.7 Å². The van der Waals surface area contributed by atoms with Crippen LogP contribution in [0.25, 0.3) is 0 Å². The van der Waals surface area contributed by atoms with Crippen LogP contribution >= 0.6 is 11.3 Å². The van der Waals surface area contributed by atoms with Gasteiger partial charge in [0.1, 0.15) is 16.5 Å².